The van der Waals surface area contributed by atoms with Crippen molar-refractivity contribution in [1.29, 1.82) is 0 Å². The summed E-state index contributed by atoms with van der Waals surface area (Å²) in [5, 5.41) is 8.66. The molecular weight excluding hydrogens is 1810 g/mol. The third kappa shape index (κ3) is 27.8. The third-order valence-electron chi connectivity index (χ3n) is 18.7. The van der Waals surface area contributed by atoms with Gasteiger partial charge in [-0.05, 0) is 46.3 Å². The number of fused-ring (bicyclic) bond motifs is 1. The lowest BCUT2D eigenvalue weighted by Crippen LogP contribution is -2.72. The molecule has 644 valence electrons. The zero-order valence-corrected chi connectivity index (χ0v) is 71.7. The summed E-state index contributed by atoms with van der Waals surface area (Å²) in [6.07, 6.45) is -29.3. The van der Waals surface area contributed by atoms with Crippen LogP contribution in [0.25, 0.3) is 10.4 Å². The number of azide groups is 1. The van der Waals surface area contributed by atoms with Gasteiger partial charge in [0.2, 0.25) is 0 Å². The predicted octanol–water partition coefficient (Wildman–Crippen LogP) is 10.7. The van der Waals surface area contributed by atoms with Gasteiger partial charge in [0.15, 0.2) is 49.8 Å². The van der Waals surface area contributed by atoms with E-state index in [1.165, 1.54) is 7.11 Å². The Kier molecular flexibility index (Phi) is 37.6. The van der Waals surface area contributed by atoms with E-state index in [2.05, 4.69) is 52.5 Å². The Morgan fingerprint density at radius 3 is 1.58 bits per heavy atom. The zero-order chi connectivity index (χ0) is 84.3. The van der Waals surface area contributed by atoms with Gasteiger partial charge < -0.3 is 110 Å². The van der Waals surface area contributed by atoms with E-state index in [-0.39, 0.29) is 64.7 Å². The summed E-state index contributed by atoms with van der Waals surface area (Å²) in [5.74, 6) is -5.56. The maximum atomic E-state index is 14.9. The molecule has 5 aliphatic heterocycles. The van der Waals surface area contributed by atoms with Gasteiger partial charge in [0, 0.05) is 49.7 Å². The van der Waals surface area contributed by atoms with Crippen molar-refractivity contribution in [2.45, 2.75) is 190 Å². The van der Waals surface area contributed by atoms with Crippen LogP contribution in [0.3, 0.4) is 0 Å². The van der Waals surface area contributed by atoms with Crippen molar-refractivity contribution >= 4 is 137 Å². The summed E-state index contributed by atoms with van der Waals surface area (Å²) in [5.41, 5.74) is 11.9. The molecule has 40 heteroatoms. The number of rotatable bonds is 40. The fraction of sp³-hybridized carbons (Fsp3) is 0.538. The van der Waals surface area contributed by atoms with E-state index in [1.54, 1.807) is 78.9 Å². The lowest BCUT2D eigenvalue weighted by Gasteiger charge is -2.53. The average molecular weight is 1900 g/mol. The van der Waals surface area contributed by atoms with Crippen molar-refractivity contribution in [2.24, 2.45) is 5.11 Å². The predicted molar refractivity (Wildman–Crippen MR) is 428 cm³/mol. The Balaban J connectivity index is 1.14. The van der Waals surface area contributed by atoms with Gasteiger partial charge in [-0.3, -0.25) is 28.8 Å². The van der Waals surface area contributed by atoms with Crippen LogP contribution in [0.2, 0.25) is 0 Å². The standard InChI is InChI=1S/C78H89Br2Cl6N5O27/c1-44(92)102-41-55-63(108-45(2)93)67(109-46(3)94)69(114-57(95)35-80)74(113-55)118-65-59(90-76(97)78(84,85)86)72(111-56-42-106-70(115-61(56)65)51-24-15-8-16-25-51)116-62-54(40-101-36-50-26-28-52(98-4)29-27-50)112-73(68(105-39-49-22-13-7-14-23-49)66(62)104-38-48-20-11-6-12-21-48)117-64-58(89-75(96)77(81,82)83)71(107-43-100-32-17-31-99-33-30-88-91-87)110-53(34-79)60(64)103-37-47-18-9-5-10-19-47/h5-16,18-29,53-56,58-74H,17,30-43H2,1-4H3,(H,89,96)(H,90,97)/t53-,54-,55-,56-,58-,59-,60-,61-,62+,63+,64-,65-,66+,67+,68-,69-,70?,71-,72+,73-,74+/m1/s1. The quantitative estimate of drug-likeness (QED) is 0.00538. The van der Waals surface area contributed by atoms with E-state index in [1.807, 2.05) is 66.7 Å². The number of carbonyl (C=O) groups is 6. The first-order valence-corrected chi connectivity index (χ1v) is 41.7. The van der Waals surface area contributed by atoms with Crippen molar-refractivity contribution in [2.75, 3.05) is 70.7 Å². The number of esters is 4. The average Bonchev–Trinajstić information content (AvgIpc) is 0.746. The van der Waals surface area contributed by atoms with Crippen LogP contribution in [0.5, 0.6) is 5.75 Å². The van der Waals surface area contributed by atoms with Crippen LogP contribution in [0.15, 0.2) is 151 Å². The number of benzene rings is 5. The van der Waals surface area contributed by atoms with Gasteiger partial charge in [0.1, 0.15) is 97.6 Å². The Hall–Kier alpha value is -5.91. The van der Waals surface area contributed by atoms with E-state index < -0.39 is 198 Å². The van der Waals surface area contributed by atoms with E-state index in [9.17, 15) is 28.8 Å². The molecule has 118 heavy (non-hydrogen) atoms. The van der Waals surface area contributed by atoms with E-state index in [0.29, 0.717) is 40.0 Å². The maximum absolute atomic E-state index is 14.9. The molecule has 5 fully saturated rings. The molecule has 10 rings (SSSR count). The molecule has 21 atom stereocenters. The number of carbonyl (C=O) groups excluding carboxylic acids is 6. The normalized spacial score (nSPS) is 28.4. The second kappa shape index (κ2) is 47.1. The molecule has 0 bridgehead atoms. The summed E-state index contributed by atoms with van der Waals surface area (Å²) < 4.78 is 133. The van der Waals surface area contributed by atoms with Gasteiger partial charge in [-0.15, -0.1) is 0 Å². The maximum Gasteiger partial charge on any atom is 0.317 e. The van der Waals surface area contributed by atoms with Crippen LogP contribution in [0.1, 0.15) is 61.3 Å². The molecule has 2 N–H and O–H groups in total. The van der Waals surface area contributed by atoms with Crippen molar-refractivity contribution in [3.05, 3.63) is 184 Å². The molecule has 0 saturated carbocycles. The topological polar surface area (TPSA) is 369 Å². The van der Waals surface area contributed by atoms with E-state index in [4.69, 9.17) is 175 Å². The smallest absolute Gasteiger partial charge is 0.317 e. The van der Waals surface area contributed by atoms with Gasteiger partial charge in [-0.1, -0.05) is 240 Å². The van der Waals surface area contributed by atoms with Crippen LogP contribution < -0.4 is 15.4 Å². The minimum atomic E-state index is -2.79. The Morgan fingerprint density at radius 2 is 1.02 bits per heavy atom. The Labute approximate surface area is 726 Å². The molecule has 1 unspecified atom stereocenters. The molecule has 0 aromatic heterocycles. The van der Waals surface area contributed by atoms with Crippen LogP contribution in [0, 0.1) is 0 Å². The van der Waals surface area contributed by atoms with Crippen molar-refractivity contribution in [1.82, 2.24) is 10.6 Å². The molecular formula is C78H89Br2Cl6N5O27. The van der Waals surface area contributed by atoms with Crippen LogP contribution >= 0.6 is 101 Å². The Bertz CT molecular complexity index is 4020. The molecule has 2 amide bonds. The monoisotopic (exact) mass is 1900 g/mol. The summed E-state index contributed by atoms with van der Waals surface area (Å²) in [7, 11) is 1.53. The third-order valence-corrected chi connectivity index (χ3v) is 20.8. The van der Waals surface area contributed by atoms with Crippen molar-refractivity contribution in [3.8, 4) is 5.75 Å². The second-order valence-electron chi connectivity index (χ2n) is 27.1. The van der Waals surface area contributed by atoms with Gasteiger partial charge in [-0.25, -0.2) is 0 Å². The number of ether oxygens (including phenoxy) is 21. The number of nitrogens with zero attached hydrogens (tertiary/aromatic N) is 3. The highest BCUT2D eigenvalue weighted by atomic mass is 79.9. The van der Waals surface area contributed by atoms with Crippen LogP contribution in [-0.4, -0.2) is 237 Å². The van der Waals surface area contributed by atoms with Crippen molar-refractivity contribution in [3.63, 3.8) is 0 Å². The van der Waals surface area contributed by atoms with Crippen LogP contribution in [0.4, 0.5) is 0 Å². The Morgan fingerprint density at radius 1 is 0.500 bits per heavy atom. The van der Waals surface area contributed by atoms with E-state index in [0.717, 1.165) is 20.8 Å². The summed E-state index contributed by atoms with van der Waals surface area (Å²) in [6, 6.07) is 39.6. The second-order valence-corrected chi connectivity index (χ2v) is 32.9. The fourth-order valence-corrected chi connectivity index (χ4v) is 14.3. The van der Waals surface area contributed by atoms with E-state index >= 15 is 0 Å². The lowest BCUT2D eigenvalue weighted by atomic mass is 9.93. The number of amides is 2. The molecule has 5 saturated heterocycles. The molecule has 5 aromatic carbocycles. The zero-order valence-electron chi connectivity index (χ0n) is 64.0. The lowest BCUT2D eigenvalue weighted by molar-refractivity contribution is -0.399. The minimum absolute atomic E-state index is 0.0459. The molecule has 0 aliphatic carbocycles. The van der Waals surface area contributed by atoms with Gasteiger partial charge in [0.25, 0.3) is 19.4 Å². The summed E-state index contributed by atoms with van der Waals surface area (Å²) >= 11 is 45.7. The molecule has 5 heterocycles. The first-order valence-electron chi connectivity index (χ1n) is 37.2. The number of halogens is 8. The molecule has 0 radical (unpaired) electrons. The summed E-state index contributed by atoms with van der Waals surface area (Å²) in [6.45, 7) is 1.41. The first-order chi connectivity index (χ1) is 56.8. The number of alkyl halides is 8. The minimum Gasteiger partial charge on any atom is -0.497 e. The summed E-state index contributed by atoms with van der Waals surface area (Å²) in [4.78, 5) is 85.0. The SMILES string of the molecule is COc1ccc(COC[C@H]2O[C@H](O[C@@H]3[C@@H](NC(=O)C(Cl)(Cl)Cl)[C@H](OCOCCCOCCN=[N+]=[N-])O[C@H](CBr)[C@H]3OCc3ccccc3)[C@H](OCc3ccccc3)[C@@H](OCc3ccccc3)[C@H]2O[C@@H]2O[C@@H]3COC(c4ccccc4)O[C@H]3[C@H](O[C@@H]3O[C@H](COC(C)=O)[C@H](OC(C)=O)[C@H](OC(C)=O)[C@H]3OC(=O)CBr)[C@H]2NC(=O)C(Cl)(Cl)Cl)cc1. The number of methoxy groups -OCH3 is 1. The molecule has 5 aromatic rings. The van der Waals surface area contributed by atoms with Gasteiger partial charge >= 0.3 is 23.9 Å². The number of hydrogen-bond acceptors (Lipinski definition) is 28. The molecule has 32 nitrogen and oxygen atoms in total. The van der Waals surface area contributed by atoms with Crippen molar-refractivity contribution < 1.29 is 128 Å². The highest BCUT2D eigenvalue weighted by Crippen LogP contribution is 2.43. The highest BCUT2D eigenvalue weighted by Gasteiger charge is 2.61. The highest BCUT2D eigenvalue weighted by molar-refractivity contribution is 9.09. The van der Waals surface area contributed by atoms with Crippen LogP contribution in [-0.2, 0) is 150 Å². The number of hydrogen-bond donors (Lipinski definition) is 2. The fourth-order valence-electron chi connectivity index (χ4n) is 13.3. The molecule has 5 aliphatic rings. The molecule has 0 spiro atoms. The largest absolute Gasteiger partial charge is 0.497 e. The van der Waals surface area contributed by atoms with Gasteiger partial charge in [0.05, 0.1) is 66.1 Å². The van der Waals surface area contributed by atoms with Gasteiger partial charge in [-0.2, -0.15) is 0 Å². The number of nitrogens with one attached hydrogen (secondary N) is 2. The first kappa shape index (κ1) is 94.3.